The van der Waals surface area contributed by atoms with Gasteiger partial charge in [-0.15, -0.1) is 0 Å². The molecule has 1 amide bonds. The summed E-state index contributed by atoms with van der Waals surface area (Å²) in [7, 11) is 1.49. The van der Waals surface area contributed by atoms with Gasteiger partial charge in [-0.3, -0.25) is 4.79 Å². The molecular formula is C13H13N3O2. The minimum atomic E-state index is -0.290. The maximum absolute atomic E-state index is 11.9. The van der Waals surface area contributed by atoms with Crippen LogP contribution in [0.25, 0.3) is 0 Å². The molecule has 0 saturated heterocycles. The number of aryl methyl sites for hydroxylation is 1. The topological polar surface area (TPSA) is 64.1 Å². The monoisotopic (exact) mass is 243 g/mol. The number of benzene rings is 1. The van der Waals surface area contributed by atoms with Gasteiger partial charge in [0, 0.05) is 11.8 Å². The highest BCUT2D eigenvalue weighted by atomic mass is 16.5. The van der Waals surface area contributed by atoms with Crippen LogP contribution in [0.2, 0.25) is 0 Å². The average Bonchev–Trinajstić information content (AvgIpc) is 2.39. The third-order valence-corrected chi connectivity index (χ3v) is 2.36. The number of methoxy groups -OCH3 is 1. The summed E-state index contributed by atoms with van der Waals surface area (Å²) in [5, 5.41) is 2.77. The third kappa shape index (κ3) is 2.82. The van der Waals surface area contributed by atoms with Gasteiger partial charge in [0.1, 0.15) is 12.0 Å². The number of nitrogens with one attached hydrogen (secondary N) is 1. The lowest BCUT2D eigenvalue weighted by Crippen LogP contribution is -2.14. The van der Waals surface area contributed by atoms with E-state index in [0.29, 0.717) is 5.88 Å². The molecule has 5 heteroatoms. The zero-order valence-corrected chi connectivity index (χ0v) is 10.2. The summed E-state index contributed by atoms with van der Waals surface area (Å²) >= 11 is 0. The minimum Gasteiger partial charge on any atom is -0.481 e. The molecule has 0 spiro atoms. The van der Waals surface area contributed by atoms with Gasteiger partial charge in [0.05, 0.1) is 7.11 Å². The molecule has 18 heavy (non-hydrogen) atoms. The predicted octanol–water partition coefficient (Wildman–Crippen LogP) is 2.05. The maximum Gasteiger partial charge on any atom is 0.274 e. The Morgan fingerprint density at radius 2 is 2.11 bits per heavy atom. The molecule has 0 aliphatic heterocycles. The molecule has 0 aliphatic rings. The number of nitrogens with zero attached hydrogens (tertiary/aromatic N) is 2. The summed E-state index contributed by atoms with van der Waals surface area (Å²) in [6, 6.07) is 9.04. The molecule has 0 fully saturated rings. The molecule has 92 valence electrons. The van der Waals surface area contributed by atoms with Crippen LogP contribution in [0.5, 0.6) is 5.88 Å². The van der Waals surface area contributed by atoms with E-state index in [1.807, 2.05) is 31.2 Å². The molecule has 5 nitrogen and oxygen atoms in total. The Balaban J connectivity index is 2.16. The van der Waals surface area contributed by atoms with Crippen LogP contribution < -0.4 is 10.1 Å². The molecule has 1 aromatic heterocycles. The van der Waals surface area contributed by atoms with Crippen LogP contribution in [0.4, 0.5) is 5.69 Å². The zero-order chi connectivity index (χ0) is 13.0. The number of hydrogen-bond donors (Lipinski definition) is 1. The van der Waals surface area contributed by atoms with Gasteiger partial charge in [-0.25, -0.2) is 9.97 Å². The molecule has 0 atom stereocenters. The minimum absolute atomic E-state index is 0.267. The van der Waals surface area contributed by atoms with E-state index in [0.717, 1.165) is 11.3 Å². The zero-order valence-electron chi connectivity index (χ0n) is 10.2. The molecule has 0 aliphatic carbocycles. The van der Waals surface area contributed by atoms with Gasteiger partial charge in [0.2, 0.25) is 5.88 Å². The van der Waals surface area contributed by atoms with Crippen LogP contribution in [0, 0.1) is 6.92 Å². The fourth-order valence-corrected chi connectivity index (χ4v) is 1.49. The summed E-state index contributed by atoms with van der Waals surface area (Å²) < 4.78 is 4.94. The van der Waals surface area contributed by atoms with Crippen molar-refractivity contribution in [1.29, 1.82) is 0 Å². The summed E-state index contributed by atoms with van der Waals surface area (Å²) in [5.41, 5.74) is 2.08. The number of carbonyl (C=O) groups excluding carboxylic acids is 1. The first kappa shape index (κ1) is 12.0. The molecule has 1 heterocycles. The highest BCUT2D eigenvalue weighted by Gasteiger charge is 2.09. The number of ether oxygens (including phenoxy) is 1. The Morgan fingerprint density at radius 3 is 2.83 bits per heavy atom. The van der Waals surface area contributed by atoms with Crippen molar-refractivity contribution in [2.45, 2.75) is 6.92 Å². The lowest BCUT2D eigenvalue weighted by molar-refractivity contribution is 0.102. The van der Waals surface area contributed by atoms with E-state index in [1.165, 1.54) is 19.5 Å². The summed E-state index contributed by atoms with van der Waals surface area (Å²) in [4.78, 5) is 19.7. The number of carbonyl (C=O) groups is 1. The van der Waals surface area contributed by atoms with E-state index in [2.05, 4.69) is 15.3 Å². The third-order valence-electron chi connectivity index (χ3n) is 2.36. The molecule has 0 radical (unpaired) electrons. The number of hydrogen-bond acceptors (Lipinski definition) is 4. The second-order valence-electron chi connectivity index (χ2n) is 3.77. The second-order valence-corrected chi connectivity index (χ2v) is 3.77. The van der Waals surface area contributed by atoms with Crippen LogP contribution in [0.15, 0.2) is 36.7 Å². The van der Waals surface area contributed by atoms with Crippen LogP contribution in [0.1, 0.15) is 16.1 Å². The van der Waals surface area contributed by atoms with Gasteiger partial charge in [0.15, 0.2) is 0 Å². The van der Waals surface area contributed by atoms with Crippen LogP contribution >= 0.6 is 0 Å². The van der Waals surface area contributed by atoms with Gasteiger partial charge in [-0.05, 0) is 24.6 Å². The smallest absolute Gasteiger partial charge is 0.274 e. The average molecular weight is 243 g/mol. The molecular weight excluding hydrogens is 230 g/mol. The molecule has 2 aromatic rings. The van der Waals surface area contributed by atoms with Gasteiger partial charge in [-0.1, -0.05) is 12.1 Å². The summed E-state index contributed by atoms with van der Waals surface area (Å²) in [6.07, 6.45) is 1.30. The fraction of sp³-hybridized carbons (Fsp3) is 0.154. The van der Waals surface area contributed by atoms with Crippen LogP contribution in [0.3, 0.4) is 0 Å². The molecule has 1 aromatic carbocycles. The van der Waals surface area contributed by atoms with Crippen molar-refractivity contribution in [3.05, 3.63) is 47.9 Å². The van der Waals surface area contributed by atoms with Crippen molar-refractivity contribution in [2.24, 2.45) is 0 Å². The van der Waals surface area contributed by atoms with Crippen LogP contribution in [-0.2, 0) is 0 Å². The van der Waals surface area contributed by atoms with E-state index in [9.17, 15) is 4.79 Å². The summed E-state index contributed by atoms with van der Waals surface area (Å²) in [6.45, 7) is 1.96. The van der Waals surface area contributed by atoms with Gasteiger partial charge < -0.3 is 10.1 Å². The fourth-order valence-electron chi connectivity index (χ4n) is 1.49. The molecule has 1 N–H and O–H groups in total. The first-order valence-corrected chi connectivity index (χ1v) is 5.43. The SMILES string of the molecule is COc1cc(C(=O)Nc2cccc(C)c2)ncn1. The van der Waals surface area contributed by atoms with Crippen molar-refractivity contribution in [3.8, 4) is 5.88 Å². The van der Waals surface area contributed by atoms with Crippen molar-refractivity contribution < 1.29 is 9.53 Å². The molecule has 0 saturated carbocycles. The van der Waals surface area contributed by atoms with Crippen molar-refractivity contribution in [3.63, 3.8) is 0 Å². The number of aromatic nitrogens is 2. The van der Waals surface area contributed by atoms with Crippen molar-refractivity contribution in [2.75, 3.05) is 12.4 Å². The van der Waals surface area contributed by atoms with E-state index >= 15 is 0 Å². The quantitative estimate of drug-likeness (QED) is 0.896. The summed E-state index contributed by atoms with van der Waals surface area (Å²) in [5.74, 6) is 0.0701. The number of anilines is 1. The van der Waals surface area contributed by atoms with Crippen molar-refractivity contribution in [1.82, 2.24) is 9.97 Å². The Morgan fingerprint density at radius 1 is 1.28 bits per heavy atom. The largest absolute Gasteiger partial charge is 0.481 e. The second kappa shape index (κ2) is 5.27. The van der Waals surface area contributed by atoms with Gasteiger partial charge in [-0.2, -0.15) is 0 Å². The molecule has 0 unspecified atom stereocenters. The van der Waals surface area contributed by atoms with Crippen molar-refractivity contribution >= 4 is 11.6 Å². The first-order chi connectivity index (χ1) is 8.69. The number of rotatable bonds is 3. The van der Waals surface area contributed by atoms with Gasteiger partial charge in [0.25, 0.3) is 5.91 Å². The molecule has 2 rings (SSSR count). The highest BCUT2D eigenvalue weighted by Crippen LogP contribution is 2.12. The van der Waals surface area contributed by atoms with E-state index in [-0.39, 0.29) is 11.6 Å². The van der Waals surface area contributed by atoms with Gasteiger partial charge >= 0.3 is 0 Å². The standard InChI is InChI=1S/C13H13N3O2/c1-9-4-3-5-10(6-9)16-13(17)11-7-12(18-2)15-8-14-11/h3-8H,1-2H3,(H,16,17). The lowest BCUT2D eigenvalue weighted by Gasteiger charge is -2.06. The van der Waals surface area contributed by atoms with Crippen LogP contribution in [-0.4, -0.2) is 23.0 Å². The highest BCUT2D eigenvalue weighted by molar-refractivity contribution is 6.02. The maximum atomic E-state index is 11.9. The number of amides is 1. The molecule has 0 bridgehead atoms. The predicted molar refractivity (Wildman–Crippen MR) is 67.7 cm³/mol. The van der Waals surface area contributed by atoms with E-state index in [4.69, 9.17) is 4.74 Å². The van der Waals surface area contributed by atoms with E-state index < -0.39 is 0 Å². The first-order valence-electron chi connectivity index (χ1n) is 5.43. The van der Waals surface area contributed by atoms with E-state index in [1.54, 1.807) is 0 Å². The normalized spacial score (nSPS) is 9.89. The Hall–Kier alpha value is -2.43. The Bertz CT molecular complexity index is 570. The Labute approximate surface area is 105 Å². The Kier molecular flexibility index (Phi) is 3.52. The lowest BCUT2D eigenvalue weighted by atomic mass is 10.2.